The first-order chi connectivity index (χ1) is 3.62. The maximum Gasteiger partial charge on any atom is 0.0659 e. The van der Waals surface area contributed by atoms with Crippen LogP contribution in [0.1, 0.15) is 6.92 Å². The number of hydrogen-bond donors (Lipinski definition) is 0. The second-order valence-corrected chi connectivity index (χ2v) is 7.04. The standard InChI is InChI=1S/C4H8NPS2/c1-3-6(2,8)5-4-7/h3H2,1-2H3. The van der Waals surface area contributed by atoms with E-state index >= 15 is 0 Å². The van der Waals surface area contributed by atoms with Crippen LogP contribution >= 0.6 is 18.4 Å². The Morgan fingerprint density at radius 1 is 1.75 bits per heavy atom. The Labute approximate surface area is 60.3 Å². The zero-order chi connectivity index (χ0) is 6.62. The van der Waals surface area contributed by atoms with Gasteiger partial charge in [0, 0.05) is 0 Å². The van der Waals surface area contributed by atoms with Crippen molar-refractivity contribution >= 4 is 35.4 Å². The minimum Gasteiger partial charge on any atom is -0.200 e. The quantitative estimate of drug-likeness (QED) is 0.353. The van der Waals surface area contributed by atoms with E-state index in [0.717, 1.165) is 6.16 Å². The number of rotatable bonds is 2. The van der Waals surface area contributed by atoms with Gasteiger partial charge in [0.15, 0.2) is 0 Å². The molecule has 0 heterocycles. The first kappa shape index (κ1) is 8.45. The number of nitrogens with zero attached hydrogens (tertiary/aromatic N) is 1. The lowest BCUT2D eigenvalue weighted by molar-refractivity contribution is 1.48. The van der Waals surface area contributed by atoms with E-state index in [1.807, 2.05) is 13.6 Å². The Balaban J connectivity index is 4.14. The van der Waals surface area contributed by atoms with E-state index in [9.17, 15) is 0 Å². The van der Waals surface area contributed by atoms with Crippen molar-refractivity contribution in [3.63, 3.8) is 0 Å². The molecule has 46 valence electrons. The largest absolute Gasteiger partial charge is 0.200 e. The van der Waals surface area contributed by atoms with Crippen molar-refractivity contribution in [3.05, 3.63) is 0 Å². The highest BCUT2D eigenvalue weighted by Crippen LogP contribution is 2.41. The average Bonchev–Trinajstić information content (AvgIpc) is 1.67. The van der Waals surface area contributed by atoms with Gasteiger partial charge in [-0.25, -0.2) is 0 Å². The van der Waals surface area contributed by atoms with Crippen molar-refractivity contribution < 1.29 is 0 Å². The van der Waals surface area contributed by atoms with Gasteiger partial charge in [-0.1, -0.05) is 18.7 Å². The summed E-state index contributed by atoms with van der Waals surface area (Å²) in [6.07, 6.45) is -0.494. The van der Waals surface area contributed by atoms with Gasteiger partial charge in [0.05, 0.1) is 11.3 Å². The monoisotopic (exact) mass is 165 g/mol. The van der Waals surface area contributed by atoms with Crippen LogP contribution in [-0.2, 0) is 11.8 Å². The summed E-state index contributed by atoms with van der Waals surface area (Å²) >= 11 is 9.47. The lowest BCUT2D eigenvalue weighted by Crippen LogP contribution is -1.74. The molecule has 0 aromatic rings. The van der Waals surface area contributed by atoms with Gasteiger partial charge in [0.2, 0.25) is 0 Å². The molecule has 0 fully saturated rings. The van der Waals surface area contributed by atoms with Crippen LogP contribution in [0.3, 0.4) is 0 Å². The summed E-state index contributed by atoms with van der Waals surface area (Å²) in [5.74, 6) is 0. The first-order valence-electron chi connectivity index (χ1n) is 2.28. The summed E-state index contributed by atoms with van der Waals surface area (Å²) in [5, 5.41) is 2.31. The third kappa shape index (κ3) is 3.45. The Bertz CT molecular complexity index is 159. The highest BCUT2D eigenvalue weighted by molar-refractivity contribution is 8.13. The SMILES string of the molecule is CCP(C)(=S)N=C=S. The van der Waals surface area contributed by atoms with Crippen LogP contribution in [0.15, 0.2) is 4.76 Å². The molecule has 0 saturated heterocycles. The molecule has 0 amide bonds. The van der Waals surface area contributed by atoms with Gasteiger partial charge < -0.3 is 0 Å². The van der Waals surface area contributed by atoms with Gasteiger partial charge in [0.25, 0.3) is 0 Å². The van der Waals surface area contributed by atoms with Gasteiger partial charge in [-0.2, -0.15) is 4.76 Å². The molecular formula is C4H8NPS2. The molecule has 0 aliphatic rings. The van der Waals surface area contributed by atoms with Gasteiger partial charge in [0.1, 0.15) is 0 Å². The molecule has 0 radical (unpaired) electrons. The Hall–Kier alpha value is 0.450. The summed E-state index contributed by atoms with van der Waals surface area (Å²) in [6.45, 7) is 3.98. The molecule has 8 heavy (non-hydrogen) atoms. The third-order valence-corrected chi connectivity index (χ3v) is 3.78. The predicted octanol–water partition coefficient (Wildman–Crippen LogP) is 2.13. The zero-order valence-electron chi connectivity index (χ0n) is 4.92. The van der Waals surface area contributed by atoms with E-state index in [4.69, 9.17) is 11.8 Å². The van der Waals surface area contributed by atoms with E-state index in [1.54, 1.807) is 0 Å². The molecule has 4 heteroatoms. The minimum absolute atomic E-state index is 0.936. The average molecular weight is 165 g/mol. The van der Waals surface area contributed by atoms with Crippen molar-refractivity contribution in [1.82, 2.24) is 0 Å². The van der Waals surface area contributed by atoms with Crippen LogP contribution in [0, 0.1) is 0 Å². The highest BCUT2D eigenvalue weighted by atomic mass is 32.4. The molecule has 0 spiro atoms. The van der Waals surface area contributed by atoms with Gasteiger partial charge >= 0.3 is 0 Å². The number of hydrogen-bond acceptors (Lipinski definition) is 2. The fourth-order valence-electron chi connectivity index (χ4n) is 0.157. The van der Waals surface area contributed by atoms with Crippen molar-refractivity contribution in [2.75, 3.05) is 12.8 Å². The molecule has 0 N–H and O–H groups in total. The van der Waals surface area contributed by atoms with E-state index < -0.39 is 6.19 Å². The molecule has 1 nitrogen and oxygen atoms in total. The number of thiocarbonyl (C=S) groups is 1. The van der Waals surface area contributed by atoms with Crippen LogP contribution in [-0.4, -0.2) is 18.0 Å². The molecule has 0 bridgehead atoms. The van der Waals surface area contributed by atoms with Gasteiger partial charge in [-0.15, -0.1) is 0 Å². The molecule has 0 saturated carbocycles. The van der Waals surface area contributed by atoms with Crippen LogP contribution < -0.4 is 0 Å². The highest BCUT2D eigenvalue weighted by Gasteiger charge is 2.00. The summed E-state index contributed by atoms with van der Waals surface area (Å²) in [7, 11) is 0. The van der Waals surface area contributed by atoms with E-state index in [0.29, 0.717) is 0 Å². The van der Waals surface area contributed by atoms with Gasteiger partial charge in [-0.3, -0.25) is 0 Å². The van der Waals surface area contributed by atoms with Crippen molar-refractivity contribution in [1.29, 1.82) is 0 Å². The van der Waals surface area contributed by atoms with Crippen molar-refractivity contribution in [2.45, 2.75) is 6.92 Å². The minimum atomic E-state index is -1.43. The normalized spacial score (nSPS) is 16.2. The molecule has 0 aromatic heterocycles. The predicted molar refractivity (Wildman–Crippen MR) is 45.8 cm³/mol. The van der Waals surface area contributed by atoms with Crippen molar-refractivity contribution in [2.24, 2.45) is 4.76 Å². The van der Waals surface area contributed by atoms with Crippen LogP contribution in [0.5, 0.6) is 0 Å². The van der Waals surface area contributed by atoms with Crippen molar-refractivity contribution in [3.8, 4) is 0 Å². The Morgan fingerprint density at radius 2 is 2.25 bits per heavy atom. The number of isothiocyanates is 1. The molecule has 0 aromatic carbocycles. The van der Waals surface area contributed by atoms with Gasteiger partial charge in [-0.05, 0) is 25.0 Å². The second kappa shape index (κ2) is 3.47. The van der Waals surface area contributed by atoms with Crippen LogP contribution in [0.4, 0.5) is 0 Å². The van der Waals surface area contributed by atoms with E-state index in [-0.39, 0.29) is 0 Å². The zero-order valence-corrected chi connectivity index (χ0v) is 7.45. The Morgan fingerprint density at radius 3 is 2.38 bits per heavy atom. The molecule has 0 rings (SSSR count). The Kier molecular flexibility index (Phi) is 3.67. The topological polar surface area (TPSA) is 12.4 Å². The molecule has 0 aliphatic carbocycles. The lowest BCUT2D eigenvalue weighted by atomic mass is 11.0. The summed E-state index contributed by atoms with van der Waals surface area (Å²) in [4.78, 5) is 0. The molecular weight excluding hydrogens is 157 g/mol. The maximum absolute atomic E-state index is 5.06. The molecule has 0 aliphatic heterocycles. The fourth-order valence-corrected chi connectivity index (χ4v) is 1.29. The summed E-state index contributed by atoms with van der Waals surface area (Å²) in [5.41, 5.74) is 0. The first-order valence-corrected chi connectivity index (χ1v) is 6.08. The fraction of sp³-hybridized carbons (Fsp3) is 0.750. The third-order valence-electron chi connectivity index (χ3n) is 0.839. The van der Waals surface area contributed by atoms with E-state index in [1.165, 1.54) is 0 Å². The van der Waals surface area contributed by atoms with Crippen LogP contribution in [0.25, 0.3) is 0 Å². The summed E-state index contributed by atoms with van der Waals surface area (Å²) < 4.78 is 3.87. The van der Waals surface area contributed by atoms with E-state index in [2.05, 4.69) is 22.1 Å². The summed E-state index contributed by atoms with van der Waals surface area (Å²) in [6, 6.07) is 0. The smallest absolute Gasteiger partial charge is 0.0659 e. The molecule has 1 atom stereocenters. The van der Waals surface area contributed by atoms with Crippen LogP contribution in [0.2, 0.25) is 0 Å². The maximum atomic E-state index is 5.06. The lowest BCUT2D eigenvalue weighted by Gasteiger charge is -2.01. The molecule has 1 unspecified atom stereocenters. The second-order valence-electron chi connectivity index (χ2n) is 1.56.